The largest absolute Gasteiger partial charge is 0.389 e. The van der Waals surface area contributed by atoms with Gasteiger partial charge in [0.1, 0.15) is 23.0 Å². The number of aliphatic hydroxyl groups excluding tert-OH is 1. The molecule has 1 aliphatic rings. The van der Waals surface area contributed by atoms with Gasteiger partial charge in [-0.05, 0) is 0 Å². The Morgan fingerprint density at radius 1 is 1.50 bits per heavy atom. The molecule has 1 rings (SSSR count). The maximum Gasteiger partial charge on any atom is 0.109 e. The van der Waals surface area contributed by atoms with E-state index in [-0.39, 0.29) is 6.10 Å². The van der Waals surface area contributed by atoms with E-state index in [4.69, 9.17) is 7.80 Å². The van der Waals surface area contributed by atoms with Gasteiger partial charge in [-0.2, -0.15) is 0 Å². The number of nitrogens with zero attached hydrogens (tertiary/aromatic N) is 1. The smallest absolute Gasteiger partial charge is 0.109 e. The maximum absolute atomic E-state index is 9.39. The first-order chi connectivity index (χ1) is 5.83. The molecule has 0 amide bonds. The zero-order valence-electron chi connectivity index (χ0n) is 6.91. The van der Waals surface area contributed by atoms with Gasteiger partial charge in [0.25, 0.3) is 0 Å². The molecule has 12 heavy (non-hydrogen) atoms. The monoisotopic (exact) mass is 287 g/mol. The molecule has 4 nitrogen and oxygen atoms in total. The van der Waals surface area contributed by atoms with Crippen LogP contribution in [-0.2, 0) is 7.80 Å². The van der Waals surface area contributed by atoms with E-state index in [1.54, 1.807) is 23.0 Å². The summed E-state index contributed by atoms with van der Waals surface area (Å²) in [7, 11) is 0. The fourth-order valence-corrected chi connectivity index (χ4v) is 1.62. The summed E-state index contributed by atoms with van der Waals surface area (Å²) < 4.78 is 9.99. The quantitative estimate of drug-likeness (QED) is 0.742. The van der Waals surface area contributed by atoms with Crippen molar-refractivity contribution in [3.63, 3.8) is 0 Å². The second kappa shape index (κ2) is 6.09. The average Bonchev–Trinajstić information content (AvgIpc) is 2.06. The zero-order chi connectivity index (χ0) is 8.81. The molecule has 0 aromatic heterocycles. The van der Waals surface area contributed by atoms with E-state index in [0.717, 1.165) is 26.3 Å². The van der Waals surface area contributed by atoms with Crippen LogP contribution in [0.3, 0.4) is 0 Å². The van der Waals surface area contributed by atoms with Crippen molar-refractivity contribution in [2.45, 2.75) is 6.10 Å². The van der Waals surface area contributed by atoms with Crippen LogP contribution >= 0.6 is 23.0 Å². The molecule has 1 N–H and O–H groups in total. The van der Waals surface area contributed by atoms with E-state index >= 15 is 0 Å². The van der Waals surface area contributed by atoms with E-state index < -0.39 is 0 Å². The van der Waals surface area contributed by atoms with Crippen LogP contribution in [0.4, 0.5) is 0 Å². The van der Waals surface area contributed by atoms with E-state index in [1.807, 2.05) is 0 Å². The molecule has 0 radical (unpaired) electrons. The Bertz CT molecular complexity index is 119. The minimum atomic E-state index is -0.375. The normalized spacial score (nSPS) is 22.5. The Morgan fingerprint density at radius 3 is 2.75 bits per heavy atom. The molecule has 72 valence electrons. The molecular formula is C7H14INO3. The van der Waals surface area contributed by atoms with Gasteiger partial charge in [-0.1, -0.05) is 0 Å². The highest BCUT2D eigenvalue weighted by Crippen LogP contribution is 1.99. The molecule has 1 atom stereocenters. The molecule has 1 fully saturated rings. The molecule has 0 aromatic carbocycles. The first-order valence-corrected chi connectivity index (χ1v) is 4.92. The van der Waals surface area contributed by atoms with Crippen LogP contribution in [0.25, 0.3) is 0 Å². The number of morpholine rings is 1. The fraction of sp³-hybridized carbons (Fsp3) is 1.00. The van der Waals surface area contributed by atoms with Gasteiger partial charge >= 0.3 is 0 Å². The third-order valence-corrected chi connectivity index (χ3v) is 2.19. The number of β-amino-alcohol motifs (C(OH)–C–C–N with tert-alkyl or cyclic N) is 1. The van der Waals surface area contributed by atoms with Gasteiger partial charge in [0.15, 0.2) is 0 Å². The van der Waals surface area contributed by atoms with Gasteiger partial charge in [-0.25, -0.2) is 0 Å². The average molecular weight is 287 g/mol. The number of hydrogen-bond donors (Lipinski definition) is 1. The van der Waals surface area contributed by atoms with E-state index in [2.05, 4.69) is 4.90 Å². The first-order valence-electron chi connectivity index (χ1n) is 4.04. The number of halogens is 1. The summed E-state index contributed by atoms with van der Waals surface area (Å²) in [5, 5.41) is 9.39. The van der Waals surface area contributed by atoms with Crippen LogP contribution in [0.2, 0.25) is 0 Å². The van der Waals surface area contributed by atoms with Gasteiger partial charge < -0.3 is 12.9 Å². The summed E-state index contributed by atoms with van der Waals surface area (Å²) in [6, 6.07) is 0. The predicted octanol–water partition coefficient (Wildman–Crippen LogP) is 0.0461. The highest BCUT2D eigenvalue weighted by atomic mass is 127. The predicted molar refractivity (Wildman–Crippen MR) is 53.2 cm³/mol. The van der Waals surface area contributed by atoms with Gasteiger partial charge in [-0.15, -0.1) is 0 Å². The minimum Gasteiger partial charge on any atom is -0.389 e. The summed E-state index contributed by atoms with van der Waals surface area (Å²) in [6.45, 7) is 4.47. The number of ether oxygens (including phenoxy) is 1. The fourth-order valence-electron chi connectivity index (χ4n) is 1.21. The van der Waals surface area contributed by atoms with Crippen molar-refractivity contribution in [1.82, 2.24) is 4.90 Å². The third-order valence-electron chi connectivity index (χ3n) is 1.83. The van der Waals surface area contributed by atoms with Gasteiger partial charge in [0.2, 0.25) is 0 Å². The summed E-state index contributed by atoms with van der Waals surface area (Å²) in [6.07, 6.45) is -0.375. The van der Waals surface area contributed by atoms with Crippen molar-refractivity contribution >= 4 is 23.0 Å². The Hall–Kier alpha value is 0.570. The maximum atomic E-state index is 9.39. The van der Waals surface area contributed by atoms with Crippen LogP contribution in [0.15, 0.2) is 0 Å². The van der Waals surface area contributed by atoms with Gasteiger partial charge in [-0.3, -0.25) is 4.90 Å². The molecule has 0 aliphatic carbocycles. The SMILES string of the molecule is O[C@@H](COI)CN1CCOCC1. The third kappa shape index (κ3) is 3.99. The molecule has 0 bridgehead atoms. The van der Waals surface area contributed by atoms with E-state index in [9.17, 15) is 5.11 Å². The van der Waals surface area contributed by atoms with E-state index in [0.29, 0.717) is 13.2 Å². The van der Waals surface area contributed by atoms with Crippen molar-refractivity contribution in [2.75, 3.05) is 39.5 Å². The number of aliphatic hydroxyl groups is 1. The van der Waals surface area contributed by atoms with Crippen molar-refractivity contribution in [3.8, 4) is 0 Å². The van der Waals surface area contributed by atoms with Crippen molar-refractivity contribution in [3.05, 3.63) is 0 Å². The second-order valence-electron chi connectivity index (χ2n) is 2.84. The van der Waals surface area contributed by atoms with E-state index in [1.165, 1.54) is 0 Å². The minimum absolute atomic E-state index is 0.375. The van der Waals surface area contributed by atoms with Gasteiger partial charge in [0.05, 0.1) is 25.9 Å². The summed E-state index contributed by atoms with van der Waals surface area (Å²) in [5.41, 5.74) is 0. The summed E-state index contributed by atoms with van der Waals surface area (Å²) >= 11 is 1.79. The molecule has 0 unspecified atom stereocenters. The van der Waals surface area contributed by atoms with Crippen molar-refractivity contribution < 1.29 is 12.9 Å². The van der Waals surface area contributed by atoms with Crippen LogP contribution in [0.5, 0.6) is 0 Å². The lowest BCUT2D eigenvalue weighted by atomic mass is 10.3. The standard InChI is InChI=1S/C7H14INO3/c8-12-6-7(10)5-9-1-3-11-4-2-9/h7,10H,1-6H2/t7-/m1/s1. The molecule has 1 saturated heterocycles. The lowest BCUT2D eigenvalue weighted by Gasteiger charge is -2.28. The molecule has 1 heterocycles. The van der Waals surface area contributed by atoms with Crippen molar-refractivity contribution in [2.24, 2.45) is 0 Å². The number of hydrogen-bond acceptors (Lipinski definition) is 4. The highest BCUT2D eigenvalue weighted by Gasteiger charge is 2.14. The Morgan fingerprint density at radius 2 is 2.17 bits per heavy atom. The topological polar surface area (TPSA) is 41.9 Å². The lowest BCUT2D eigenvalue weighted by Crippen LogP contribution is -2.41. The lowest BCUT2D eigenvalue weighted by molar-refractivity contribution is 0.00821. The Kier molecular flexibility index (Phi) is 5.40. The second-order valence-corrected chi connectivity index (χ2v) is 3.47. The molecule has 0 spiro atoms. The number of rotatable bonds is 4. The van der Waals surface area contributed by atoms with Gasteiger partial charge in [0, 0.05) is 19.6 Å². The van der Waals surface area contributed by atoms with Crippen LogP contribution in [-0.4, -0.2) is 55.6 Å². The molecule has 0 aromatic rings. The molecule has 5 heteroatoms. The Balaban J connectivity index is 2.11. The first kappa shape index (κ1) is 10.6. The van der Waals surface area contributed by atoms with Crippen molar-refractivity contribution in [1.29, 1.82) is 0 Å². The molecule has 0 saturated carbocycles. The summed E-state index contributed by atoms with van der Waals surface area (Å²) in [4.78, 5) is 2.18. The Labute approximate surface area is 86.5 Å². The van der Waals surface area contributed by atoms with Crippen LogP contribution in [0, 0.1) is 0 Å². The highest BCUT2D eigenvalue weighted by molar-refractivity contribution is 14.1. The zero-order valence-corrected chi connectivity index (χ0v) is 9.07. The molecular weight excluding hydrogens is 273 g/mol. The summed E-state index contributed by atoms with van der Waals surface area (Å²) in [5.74, 6) is 0. The van der Waals surface area contributed by atoms with Crippen LogP contribution < -0.4 is 0 Å². The van der Waals surface area contributed by atoms with Crippen LogP contribution in [0.1, 0.15) is 0 Å². The molecule has 1 aliphatic heterocycles.